The first-order valence-electron chi connectivity index (χ1n) is 9.61. The number of aryl methyl sites for hydroxylation is 2. The first-order valence-corrected chi connectivity index (χ1v) is 9.61. The molecule has 28 heavy (non-hydrogen) atoms. The van der Waals surface area contributed by atoms with E-state index in [0.29, 0.717) is 31.1 Å². The van der Waals surface area contributed by atoms with E-state index in [1.165, 1.54) is 12.0 Å². The maximum atomic E-state index is 12.9. The molecular weight excluding hydrogens is 356 g/mol. The third-order valence-electron chi connectivity index (χ3n) is 6.03. The van der Waals surface area contributed by atoms with Gasteiger partial charge in [0.15, 0.2) is 6.39 Å². The lowest BCUT2D eigenvalue weighted by Crippen LogP contribution is -2.42. The van der Waals surface area contributed by atoms with Gasteiger partial charge in [0.2, 0.25) is 5.76 Å². The Morgan fingerprint density at radius 2 is 1.89 bits per heavy atom. The van der Waals surface area contributed by atoms with Crippen LogP contribution in [0.15, 0.2) is 35.1 Å². The van der Waals surface area contributed by atoms with Crippen LogP contribution in [0.1, 0.15) is 33.4 Å². The number of hydrogen-bond acceptors (Lipinski definition) is 4. The molecule has 2 aliphatic heterocycles. The minimum absolute atomic E-state index is 0.0200. The van der Waals surface area contributed by atoms with Crippen LogP contribution < -0.4 is 0 Å². The summed E-state index contributed by atoms with van der Waals surface area (Å²) >= 11 is 0. The van der Waals surface area contributed by atoms with Crippen molar-refractivity contribution in [3.63, 3.8) is 0 Å². The lowest BCUT2D eigenvalue weighted by atomic mass is 9.88. The molecule has 2 aliphatic rings. The van der Waals surface area contributed by atoms with Gasteiger partial charge in [0.05, 0.1) is 11.7 Å². The lowest BCUT2D eigenvalue weighted by molar-refractivity contribution is 0.0734. The number of fused-ring (bicyclic) bond motifs is 1. The number of benzene rings is 1. The Kier molecular flexibility index (Phi) is 4.61. The molecular formula is C21H26N4O3. The standard InChI is InChI=1S/C21H26N4O3/c1-13-7-5-6-8-16(13)18-17-11-24(20(26)19-14(2)22-12-28-19)9-15(17)10-25(18)21(27)23(3)4/h5-8,12,15,17-18H,9-11H2,1-4H3/t15-,17-,18+/m1/s1. The number of carbonyl (C=O) groups excluding carboxylic acids is 2. The molecule has 0 spiro atoms. The second-order valence-corrected chi connectivity index (χ2v) is 8.03. The van der Waals surface area contributed by atoms with Gasteiger partial charge in [-0.1, -0.05) is 24.3 Å². The molecule has 0 N–H and O–H groups in total. The zero-order chi connectivity index (χ0) is 20.0. The van der Waals surface area contributed by atoms with Gasteiger partial charge in [-0.25, -0.2) is 9.78 Å². The van der Waals surface area contributed by atoms with E-state index in [9.17, 15) is 9.59 Å². The van der Waals surface area contributed by atoms with Crippen LogP contribution in [0.4, 0.5) is 4.79 Å². The van der Waals surface area contributed by atoms with E-state index < -0.39 is 0 Å². The lowest BCUT2D eigenvalue weighted by Gasteiger charge is -2.32. The van der Waals surface area contributed by atoms with Crippen molar-refractivity contribution < 1.29 is 14.0 Å². The summed E-state index contributed by atoms with van der Waals surface area (Å²) in [6.45, 7) is 5.75. The number of likely N-dealkylation sites (tertiary alicyclic amines) is 2. The molecule has 0 radical (unpaired) electrons. The fraction of sp³-hybridized carbons (Fsp3) is 0.476. The van der Waals surface area contributed by atoms with Crippen molar-refractivity contribution in [2.45, 2.75) is 19.9 Å². The predicted molar refractivity (Wildman–Crippen MR) is 104 cm³/mol. The zero-order valence-electron chi connectivity index (χ0n) is 16.8. The molecule has 2 aromatic rings. The molecule has 3 heterocycles. The molecule has 1 aromatic heterocycles. The smallest absolute Gasteiger partial charge is 0.320 e. The Morgan fingerprint density at radius 3 is 2.54 bits per heavy atom. The number of carbonyl (C=O) groups is 2. The average molecular weight is 382 g/mol. The van der Waals surface area contributed by atoms with E-state index in [-0.39, 0.29) is 29.8 Å². The van der Waals surface area contributed by atoms with Crippen LogP contribution in [0.2, 0.25) is 0 Å². The summed E-state index contributed by atoms with van der Waals surface area (Å²) in [5.74, 6) is 0.657. The molecule has 3 atom stereocenters. The maximum Gasteiger partial charge on any atom is 0.320 e. The van der Waals surface area contributed by atoms with Crippen LogP contribution in [0.5, 0.6) is 0 Å². The summed E-state index contributed by atoms with van der Waals surface area (Å²) in [6, 6.07) is 8.20. The topological polar surface area (TPSA) is 69.9 Å². The fourth-order valence-electron chi connectivity index (χ4n) is 4.63. The Labute approximate surface area is 164 Å². The number of urea groups is 1. The van der Waals surface area contributed by atoms with Crippen LogP contribution in [-0.4, -0.2) is 65.4 Å². The zero-order valence-corrected chi connectivity index (χ0v) is 16.8. The highest BCUT2D eigenvalue weighted by molar-refractivity contribution is 5.92. The Bertz CT molecular complexity index is 907. The summed E-state index contributed by atoms with van der Waals surface area (Å²) in [5.41, 5.74) is 2.94. The minimum atomic E-state index is -0.113. The van der Waals surface area contributed by atoms with Crippen LogP contribution in [0.25, 0.3) is 0 Å². The molecule has 0 unspecified atom stereocenters. The van der Waals surface area contributed by atoms with Gasteiger partial charge >= 0.3 is 6.03 Å². The molecule has 148 valence electrons. The third-order valence-corrected chi connectivity index (χ3v) is 6.03. The number of rotatable bonds is 2. The van der Waals surface area contributed by atoms with Crippen molar-refractivity contribution in [1.29, 1.82) is 0 Å². The molecule has 3 amide bonds. The van der Waals surface area contributed by atoms with E-state index in [1.54, 1.807) is 25.9 Å². The first-order chi connectivity index (χ1) is 13.4. The Balaban J connectivity index is 1.64. The molecule has 0 aliphatic carbocycles. The number of aromatic nitrogens is 1. The number of amides is 3. The van der Waals surface area contributed by atoms with E-state index in [0.717, 1.165) is 5.56 Å². The maximum absolute atomic E-state index is 12.9. The van der Waals surface area contributed by atoms with Gasteiger partial charge in [-0.2, -0.15) is 0 Å². The summed E-state index contributed by atoms with van der Waals surface area (Å²) in [5, 5.41) is 0. The second kappa shape index (κ2) is 6.96. The quantitative estimate of drug-likeness (QED) is 0.801. The third kappa shape index (κ3) is 2.95. The summed E-state index contributed by atoms with van der Waals surface area (Å²) in [4.78, 5) is 35.3. The largest absolute Gasteiger partial charge is 0.438 e. The van der Waals surface area contributed by atoms with Gasteiger partial charge in [-0.3, -0.25) is 4.79 Å². The van der Waals surface area contributed by atoms with E-state index in [2.05, 4.69) is 24.0 Å². The number of nitrogens with zero attached hydrogens (tertiary/aromatic N) is 4. The molecule has 2 saturated heterocycles. The first kappa shape index (κ1) is 18.5. The highest BCUT2D eigenvalue weighted by atomic mass is 16.3. The van der Waals surface area contributed by atoms with Crippen LogP contribution in [0, 0.1) is 25.7 Å². The van der Waals surface area contributed by atoms with Crippen molar-refractivity contribution in [1.82, 2.24) is 19.7 Å². The normalized spacial score (nSPS) is 23.8. The van der Waals surface area contributed by atoms with Gasteiger partial charge < -0.3 is 19.1 Å². The highest BCUT2D eigenvalue weighted by Gasteiger charge is 2.51. The van der Waals surface area contributed by atoms with E-state index in [4.69, 9.17) is 4.42 Å². The SMILES string of the molecule is Cc1ccccc1[C@H]1[C@@H]2CN(C(=O)c3ocnc3C)C[C@@H]2CN1C(=O)N(C)C. The average Bonchev–Trinajstić information content (AvgIpc) is 3.35. The van der Waals surface area contributed by atoms with Gasteiger partial charge in [-0.05, 0) is 25.0 Å². The predicted octanol–water partition coefficient (Wildman–Crippen LogP) is 2.72. The minimum Gasteiger partial charge on any atom is -0.438 e. The molecule has 4 rings (SSSR count). The number of oxazole rings is 1. The number of hydrogen-bond donors (Lipinski definition) is 0. The molecule has 0 saturated carbocycles. The summed E-state index contributed by atoms with van der Waals surface area (Å²) in [6.07, 6.45) is 1.31. The van der Waals surface area contributed by atoms with Crippen LogP contribution >= 0.6 is 0 Å². The van der Waals surface area contributed by atoms with Gasteiger partial charge in [-0.15, -0.1) is 0 Å². The van der Waals surface area contributed by atoms with Crippen LogP contribution in [-0.2, 0) is 0 Å². The second-order valence-electron chi connectivity index (χ2n) is 8.03. The summed E-state index contributed by atoms with van der Waals surface area (Å²) < 4.78 is 5.31. The van der Waals surface area contributed by atoms with Crippen molar-refractivity contribution in [2.24, 2.45) is 11.8 Å². The van der Waals surface area contributed by atoms with Gasteiger partial charge in [0.1, 0.15) is 0 Å². The van der Waals surface area contributed by atoms with Crippen molar-refractivity contribution in [3.8, 4) is 0 Å². The molecule has 7 nitrogen and oxygen atoms in total. The Hall–Kier alpha value is -2.83. The monoisotopic (exact) mass is 382 g/mol. The van der Waals surface area contributed by atoms with Gasteiger partial charge in [0, 0.05) is 45.6 Å². The summed E-state index contributed by atoms with van der Waals surface area (Å²) in [7, 11) is 3.57. The van der Waals surface area contributed by atoms with Crippen LogP contribution in [0.3, 0.4) is 0 Å². The molecule has 7 heteroatoms. The highest BCUT2D eigenvalue weighted by Crippen LogP contribution is 2.46. The van der Waals surface area contributed by atoms with Crippen molar-refractivity contribution in [2.75, 3.05) is 33.7 Å². The van der Waals surface area contributed by atoms with E-state index >= 15 is 0 Å². The fourth-order valence-corrected chi connectivity index (χ4v) is 4.63. The molecule has 2 fully saturated rings. The van der Waals surface area contributed by atoms with Crippen molar-refractivity contribution >= 4 is 11.9 Å². The molecule has 1 aromatic carbocycles. The molecule has 0 bridgehead atoms. The van der Waals surface area contributed by atoms with E-state index in [1.807, 2.05) is 21.9 Å². The van der Waals surface area contributed by atoms with Gasteiger partial charge in [0.25, 0.3) is 5.91 Å². The Morgan fingerprint density at radius 1 is 1.14 bits per heavy atom. The van der Waals surface area contributed by atoms with Crippen molar-refractivity contribution in [3.05, 3.63) is 53.2 Å².